The molecule has 0 amide bonds. The predicted octanol–water partition coefficient (Wildman–Crippen LogP) is 1.58. The van der Waals surface area contributed by atoms with Crippen molar-refractivity contribution in [2.24, 2.45) is 0 Å². The zero-order valence-corrected chi connectivity index (χ0v) is 10.0. The first-order valence-electron chi connectivity index (χ1n) is 5.59. The van der Waals surface area contributed by atoms with Crippen LogP contribution in [0.25, 0.3) is 17.2 Å². The van der Waals surface area contributed by atoms with Crippen LogP contribution in [0.15, 0.2) is 36.9 Å². The van der Waals surface area contributed by atoms with Gasteiger partial charge in [-0.05, 0) is 12.1 Å². The minimum absolute atomic E-state index is 0.0324. The lowest BCUT2D eigenvalue weighted by atomic mass is 10.2. The summed E-state index contributed by atoms with van der Waals surface area (Å²) in [6.07, 6.45) is 4.09. The Hall–Kier alpha value is -2.90. The van der Waals surface area contributed by atoms with Gasteiger partial charge < -0.3 is 5.73 Å². The summed E-state index contributed by atoms with van der Waals surface area (Å²) in [7, 11) is 0. The monoisotopic (exact) mass is 274 g/mol. The van der Waals surface area contributed by atoms with Crippen LogP contribution in [0, 0.1) is 11.6 Å². The number of nitrogens with zero attached hydrogens (tertiary/aromatic N) is 5. The van der Waals surface area contributed by atoms with Gasteiger partial charge in [-0.25, -0.2) is 18.7 Å². The number of hydrogen-bond donors (Lipinski definition) is 1. The number of benzene rings is 1. The lowest BCUT2D eigenvalue weighted by Gasteiger charge is -2.08. The first-order valence-corrected chi connectivity index (χ1v) is 5.59. The van der Waals surface area contributed by atoms with E-state index in [0.717, 1.165) is 6.07 Å². The topological polar surface area (TPSA) is 82.5 Å². The van der Waals surface area contributed by atoms with E-state index < -0.39 is 11.6 Å². The summed E-state index contributed by atoms with van der Waals surface area (Å²) in [5, 5.41) is 7.52. The third-order valence-electron chi connectivity index (χ3n) is 2.68. The standard InChI is InChI=1S/C12H8F2N6/c13-7-2-1-3-8(9(7)14)20-6-18-19-12(20)10-11(15)17-5-4-16-10/h1-6H,(H2,15,17). The van der Waals surface area contributed by atoms with Crippen LogP contribution < -0.4 is 5.73 Å². The van der Waals surface area contributed by atoms with E-state index in [-0.39, 0.29) is 23.0 Å². The number of anilines is 1. The summed E-state index contributed by atoms with van der Waals surface area (Å²) >= 11 is 0. The molecule has 0 saturated carbocycles. The smallest absolute Gasteiger partial charge is 0.190 e. The highest BCUT2D eigenvalue weighted by Crippen LogP contribution is 2.24. The third-order valence-corrected chi connectivity index (χ3v) is 2.68. The van der Waals surface area contributed by atoms with Crippen molar-refractivity contribution >= 4 is 5.82 Å². The van der Waals surface area contributed by atoms with Crippen molar-refractivity contribution in [1.29, 1.82) is 0 Å². The second-order valence-corrected chi connectivity index (χ2v) is 3.89. The molecule has 0 radical (unpaired) electrons. The maximum absolute atomic E-state index is 13.8. The molecule has 0 aliphatic heterocycles. The van der Waals surface area contributed by atoms with Crippen LogP contribution >= 0.6 is 0 Å². The van der Waals surface area contributed by atoms with Gasteiger partial charge in [-0.15, -0.1) is 10.2 Å². The Kier molecular flexibility index (Phi) is 2.82. The van der Waals surface area contributed by atoms with Gasteiger partial charge in [-0.3, -0.25) is 4.57 Å². The van der Waals surface area contributed by atoms with Gasteiger partial charge in [0.2, 0.25) is 0 Å². The zero-order chi connectivity index (χ0) is 14.1. The Morgan fingerprint density at radius 1 is 1.10 bits per heavy atom. The van der Waals surface area contributed by atoms with Gasteiger partial charge in [0.25, 0.3) is 0 Å². The van der Waals surface area contributed by atoms with Gasteiger partial charge in [0.1, 0.15) is 6.33 Å². The van der Waals surface area contributed by atoms with E-state index in [1.165, 1.54) is 35.4 Å². The molecule has 8 heteroatoms. The van der Waals surface area contributed by atoms with Crippen LogP contribution in [0.3, 0.4) is 0 Å². The minimum atomic E-state index is -1.00. The average molecular weight is 274 g/mol. The van der Waals surface area contributed by atoms with Crippen molar-refractivity contribution in [3.63, 3.8) is 0 Å². The fourth-order valence-corrected chi connectivity index (χ4v) is 1.77. The summed E-state index contributed by atoms with van der Waals surface area (Å²) < 4.78 is 28.4. The van der Waals surface area contributed by atoms with Gasteiger partial charge in [-0.2, -0.15) is 0 Å². The number of rotatable bonds is 2. The molecule has 2 aromatic heterocycles. The molecular formula is C12H8F2N6. The lowest BCUT2D eigenvalue weighted by Crippen LogP contribution is -2.04. The van der Waals surface area contributed by atoms with Gasteiger partial charge in [0.15, 0.2) is 29.0 Å². The summed E-state index contributed by atoms with van der Waals surface area (Å²) in [6.45, 7) is 0. The zero-order valence-electron chi connectivity index (χ0n) is 10.0. The van der Waals surface area contributed by atoms with Crippen molar-refractivity contribution in [3.8, 4) is 17.2 Å². The lowest BCUT2D eigenvalue weighted by molar-refractivity contribution is 0.504. The van der Waals surface area contributed by atoms with Crippen LogP contribution in [-0.2, 0) is 0 Å². The highest BCUT2D eigenvalue weighted by molar-refractivity contribution is 5.64. The van der Waals surface area contributed by atoms with E-state index in [1.807, 2.05) is 0 Å². The number of hydrogen-bond acceptors (Lipinski definition) is 5. The summed E-state index contributed by atoms with van der Waals surface area (Å²) in [6, 6.07) is 3.81. The molecule has 2 N–H and O–H groups in total. The quantitative estimate of drug-likeness (QED) is 0.767. The number of halogens is 2. The second-order valence-electron chi connectivity index (χ2n) is 3.89. The number of aromatic nitrogens is 5. The van der Waals surface area contributed by atoms with Gasteiger partial charge in [0, 0.05) is 12.4 Å². The maximum Gasteiger partial charge on any atom is 0.190 e. The molecule has 0 aliphatic rings. The van der Waals surface area contributed by atoms with Crippen molar-refractivity contribution in [1.82, 2.24) is 24.7 Å². The normalized spacial score (nSPS) is 10.7. The van der Waals surface area contributed by atoms with Crippen molar-refractivity contribution in [2.45, 2.75) is 0 Å². The molecule has 100 valence electrons. The van der Waals surface area contributed by atoms with E-state index in [4.69, 9.17) is 5.73 Å². The molecule has 0 saturated heterocycles. The third kappa shape index (κ3) is 1.87. The first-order chi connectivity index (χ1) is 9.68. The SMILES string of the molecule is Nc1nccnc1-c1nncn1-c1cccc(F)c1F. The average Bonchev–Trinajstić information content (AvgIpc) is 2.91. The number of nitrogens with two attached hydrogens (primary N) is 1. The molecule has 3 rings (SSSR count). The Balaban J connectivity index is 2.21. The van der Waals surface area contributed by atoms with Crippen LogP contribution in [0.1, 0.15) is 0 Å². The summed E-state index contributed by atoms with van der Waals surface area (Å²) in [5.41, 5.74) is 5.92. The molecule has 3 aromatic rings. The molecule has 0 fully saturated rings. The van der Waals surface area contributed by atoms with Crippen LogP contribution in [-0.4, -0.2) is 24.7 Å². The van der Waals surface area contributed by atoms with Crippen molar-refractivity contribution in [2.75, 3.05) is 5.73 Å². The molecule has 0 aliphatic carbocycles. The van der Waals surface area contributed by atoms with E-state index in [1.54, 1.807) is 0 Å². The van der Waals surface area contributed by atoms with E-state index in [9.17, 15) is 8.78 Å². The molecule has 2 heterocycles. The Morgan fingerprint density at radius 2 is 1.90 bits per heavy atom. The first kappa shape index (κ1) is 12.2. The van der Waals surface area contributed by atoms with Crippen LogP contribution in [0.5, 0.6) is 0 Å². The van der Waals surface area contributed by atoms with E-state index >= 15 is 0 Å². The van der Waals surface area contributed by atoms with Crippen LogP contribution in [0.4, 0.5) is 14.6 Å². The maximum atomic E-state index is 13.8. The van der Waals surface area contributed by atoms with Crippen LogP contribution in [0.2, 0.25) is 0 Å². The predicted molar refractivity (Wildman–Crippen MR) is 66.7 cm³/mol. The van der Waals surface area contributed by atoms with Gasteiger partial charge in [0.05, 0.1) is 5.69 Å². The van der Waals surface area contributed by atoms with Gasteiger partial charge >= 0.3 is 0 Å². The Labute approximate surface area is 111 Å². The van der Waals surface area contributed by atoms with E-state index in [2.05, 4.69) is 20.2 Å². The highest BCUT2D eigenvalue weighted by Gasteiger charge is 2.17. The van der Waals surface area contributed by atoms with Crippen molar-refractivity contribution < 1.29 is 8.78 Å². The minimum Gasteiger partial charge on any atom is -0.382 e. The molecule has 1 aromatic carbocycles. The summed E-state index contributed by atoms with van der Waals surface area (Å²) in [5.74, 6) is -1.66. The molecule has 6 nitrogen and oxygen atoms in total. The number of nitrogen functional groups attached to an aromatic ring is 1. The molecule has 0 unspecified atom stereocenters. The van der Waals surface area contributed by atoms with Gasteiger partial charge in [-0.1, -0.05) is 6.07 Å². The fourth-order valence-electron chi connectivity index (χ4n) is 1.77. The molecule has 20 heavy (non-hydrogen) atoms. The largest absolute Gasteiger partial charge is 0.382 e. The molecule has 0 bridgehead atoms. The Morgan fingerprint density at radius 3 is 2.70 bits per heavy atom. The second kappa shape index (κ2) is 4.65. The molecule has 0 spiro atoms. The highest BCUT2D eigenvalue weighted by atomic mass is 19.2. The fraction of sp³-hybridized carbons (Fsp3) is 0. The Bertz CT molecular complexity index is 770. The summed E-state index contributed by atoms with van der Waals surface area (Å²) in [4.78, 5) is 7.91. The molecule has 0 atom stereocenters. The van der Waals surface area contributed by atoms with Crippen molar-refractivity contribution in [3.05, 3.63) is 48.6 Å². The van der Waals surface area contributed by atoms with E-state index in [0.29, 0.717) is 0 Å². The molecular weight excluding hydrogens is 266 g/mol.